The standard InChI is InChI=1S/C11H14O2.C2H6O2.C2H6/c1-9-5-3-4-6-10(9)7-8-11(12)13-2;1-2(3)4;1-2/h3-6H,7-8H2,1-2H3;2-4H,1H3;1-2H3. The number of benzene rings is 1. The largest absolute Gasteiger partial charge is 0.469 e. The zero-order valence-electron chi connectivity index (χ0n) is 12.5. The van der Waals surface area contributed by atoms with Crippen molar-refractivity contribution in [3.8, 4) is 0 Å². The molecule has 1 aromatic carbocycles. The van der Waals surface area contributed by atoms with Crippen LogP contribution in [-0.2, 0) is 16.0 Å². The van der Waals surface area contributed by atoms with E-state index in [0.29, 0.717) is 6.42 Å². The molecule has 0 fully saturated rings. The van der Waals surface area contributed by atoms with Gasteiger partial charge >= 0.3 is 5.97 Å². The second-order valence-electron chi connectivity index (χ2n) is 3.63. The van der Waals surface area contributed by atoms with Crippen LogP contribution in [0.5, 0.6) is 0 Å². The summed E-state index contributed by atoms with van der Waals surface area (Å²) >= 11 is 0. The minimum absolute atomic E-state index is 0.150. The second kappa shape index (κ2) is 13.1. The van der Waals surface area contributed by atoms with Crippen molar-refractivity contribution in [2.24, 2.45) is 0 Å². The van der Waals surface area contributed by atoms with E-state index in [1.807, 2.05) is 45.0 Å². The molecule has 0 radical (unpaired) electrons. The van der Waals surface area contributed by atoms with Gasteiger partial charge in [-0.25, -0.2) is 0 Å². The molecule has 0 spiro atoms. The molecule has 0 aliphatic rings. The van der Waals surface area contributed by atoms with Gasteiger partial charge in [0, 0.05) is 6.42 Å². The second-order valence-corrected chi connectivity index (χ2v) is 3.63. The Labute approximate surface area is 116 Å². The van der Waals surface area contributed by atoms with Gasteiger partial charge in [-0.1, -0.05) is 38.1 Å². The maximum absolute atomic E-state index is 10.9. The molecule has 0 aromatic heterocycles. The quantitative estimate of drug-likeness (QED) is 0.654. The maximum atomic E-state index is 10.9. The van der Waals surface area contributed by atoms with Crippen molar-refractivity contribution in [2.75, 3.05) is 7.11 Å². The molecule has 0 aliphatic carbocycles. The number of carbonyl (C=O) groups excluding carboxylic acids is 1. The third-order valence-electron chi connectivity index (χ3n) is 2.09. The highest BCUT2D eigenvalue weighted by atomic mass is 16.5. The average Bonchev–Trinajstić information content (AvgIpc) is 2.39. The van der Waals surface area contributed by atoms with Crippen molar-refractivity contribution in [3.05, 3.63) is 35.4 Å². The van der Waals surface area contributed by atoms with E-state index in [9.17, 15) is 4.79 Å². The predicted molar refractivity (Wildman–Crippen MR) is 76.8 cm³/mol. The number of aliphatic hydroxyl groups is 2. The van der Waals surface area contributed by atoms with Crippen LogP contribution >= 0.6 is 0 Å². The first-order valence-corrected chi connectivity index (χ1v) is 6.44. The summed E-state index contributed by atoms with van der Waals surface area (Å²) in [6.45, 7) is 7.33. The van der Waals surface area contributed by atoms with Crippen LogP contribution in [0, 0.1) is 6.92 Å². The van der Waals surface area contributed by atoms with Crippen LogP contribution in [0.4, 0.5) is 0 Å². The predicted octanol–water partition coefficient (Wildman–Crippen LogP) is 2.44. The average molecular weight is 270 g/mol. The Kier molecular flexibility index (Phi) is 13.7. The first-order chi connectivity index (χ1) is 8.97. The highest BCUT2D eigenvalue weighted by molar-refractivity contribution is 5.69. The molecule has 1 rings (SSSR count). The van der Waals surface area contributed by atoms with E-state index < -0.39 is 6.29 Å². The summed E-state index contributed by atoms with van der Waals surface area (Å²) in [4.78, 5) is 10.9. The molecule has 0 bridgehead atoms. The Bertz CT molecular complexity index is 332. The van der Waals surface area contributed by atoms with Crippen molar-refractivity contribution in [3.63, 3.8) is 0 Å². The molecule has 0 amide bonds. The van der Waals surface area contributed by atoms with E-state index in [1.54, 1.807) is 0 Å². The van der Waals surface area contributed by atoms with Crippen LogP contribution in [0.1, 0.15) is 38.3 Å². The maximum Gasteiger partial charge on any atom is 0.305 e. The van der Waals surface area contributed by atoms with E-state index >= 15 is 0 Å². The number of hydrogen-bond acceptors (Lipinski definition) is 4. The molecular formula is C15H26O4. The van der Waals surface area contributed by atoms with Gasteiger partial charge in [0.05, 0.1) is 7.11 Å². The highest BCUT2D eigenvalue weighted by Crippen LogP contribution is 2.09. The molecular weight excluding hydrogens is 244 g/mol. The minimum Gasteiger partial charge on any atom is -0.469 e. The van der Waals surface area contributed by atoms with E-state index in [-0.39, 0.29) is 5.97 Å². The molecule has 0 saturated carbocycles. The Hall–Kier alpha value is -1.39. The van der Waals surface area contributed by atoms with Crippen LogP contribution < -0.4 is 0 Å². The fraction of sp³-hybridized carbons (Fsp3) is 0.533. The van der Waals surface area contributed by atoms with Gasteiger partial charge in [-0.2, -0.15) is 0 Å². The van der Waals surface area contributed by atoms with E-state index in [0.717, 1.165) is 6.42 Å². The van der Waals surface area contributed by atoms with Gasteiger partial charge in [-0.3, -0.25) is 4.79 Å². The van der Waals surface area contributed by atoms with E-state index in [2.05, 4.69) is 4.74 Å². The number of methoxy groups -OCH3 is 1. The van der Waals surface area contributed by atoms with Gasteiger partial charge in [0.1, 0.15) is 6.29 Å². The highest BCUT2D eigenvalue weighted by Gasteiger charge is 2.02. The monoisotopic (exact) mass is 270 g/mol. The topological polar surface area (TPSA) is 66.8 Å². The molecule has 0 atom stereocenters. The summed E-state index contributed by atoms with van der Waals surface area (Å²) in [5, 5.41) is 15.2. The van der Waals surface area contributed by atoms with Crippen molar-refractivity contribution < 1.29 is 19.7 Å². The van der Waals surface area contributed by atoms with Gasteiger partial charge in [0.15, 0.2) is 0 Å². The number of rotatable bonds is 3. The molecule has 4 nitrogen and oxygen atoms in total. The number of aliphatic hydroxyl groups excluding tert-OH is 1. The molecule has 4 heteroatoms. The molecule has 110 valence electrons. The van der Waals surface area contributed by atoms with E-state index in [1.165, 1.54) is 25.2 Å². The van der Waals surface area contributed by atoms with Gasteiger partial charge in [-0.15, -0.1) is 0 Å². The van der Waals surface area contributed by atoms with Crippen LogP contribution in [0.2, 0.25) is 0 Å². The Morgan fingerprint density at radius 2 is 1.74 bits per heavy atom. The van der Waals surface area contributed by atoms with Crippen LogP contribution in [0.25, 0.3) is 0 Å². The number of esters is 1. The van der Waals surface area contributed by atoms with Crippen LogP contribution in [0.15, 0.2) is 24.3 Å². The lowest BCUT2D eigenvalue weighted by molar-refractivity contribution is -0.140. The van der Waals surface area contributed by atoms with Crippen LogP contribution in [-0.4, -0.2) is 29.6 Å². The molecule has 0 unspecified atom stereocenters. The normalized spacial score (nSPS) is 8.84. The van der Waals surface area contributed by atoms with Crippen molar-refractivity contribution >= 4 is 5.97 Å². The fourth-order valence-electron chi connectivity index (χ4n) is 1.23. The zero-order valence-corrected chi connectivity index (χ0v) is 12.5. The van der Waals surface area contributed by atoms with Crippen molar-refractivity contribution in [2.45, 2.75) is 46.8 Å². The van der Waals surface area contributed by atoms with Gasteiger partial charge in [0.25, 0.3) is 0 Å². The summed E-state index contributed by atoms with van der Waals surface area (Å²) in [6.07, 6.45) is 0.0563. The fourth-order valence-corrected chi connectivity index (χ4v) is 1.23. The number of ether oxygens (including phenoxy) is 1. The third kappa shape index (κ3) is 12.9. The van der Waals surface area contributed by atoms with Gasteiger partial charge < -0.3 is 14.9 Å². The summed E-state index contributed by atoms with van der Waals surface area (Å²) in [5.74, 6) is -0.150. The summed E-state index contributed by atoms with van der Waals surface area (Å²) < 4.78 is 4.57. The smallest absolute Gasteiger partial charge is 0.305 e. The number of hydrogen-bond donors (Lipinski definition) is 2. The lowest BCUT2D eigenvalue weighted by Crippen LogP contribution is -2.02. The minimum atomic E-state index is -1.17. The lowest BCUT2D eigenvalue weighted by Gasteiger charge is -2.03. The zero-order chi connectivity index (χ0) is 15.3. The third-order valence-corrected chi connectivity index (χ3v) is 2.09. The lowest BCUT2D eigenvalue weighted by atomic mass is 10.0. The Morgan fingerprint density at radius 3 is 2.16 bits per heavy atom. The molecule has 1 aromatic rings. The number of aryl methyl sites for hydroxylation is 2. The summed E-state index contributed by atoms with van der Waals surface area (Å²) in [7, 11) is 1.42. The molecule has 2 N–H and O–H groups in total. The molecule has 0 heterocycles. The van der Waals surface area contributed by atoms with Crippen LogP contribution in [0.3, 0.4) is 0 Å². The van der Waals surface area contributed by atoms with Gasteiger partial charge in [-0.05, 0) is 31.4 Å². The summed E-state index contributed by atoms with van der Waals surface area (Å²) in [6, 6.07) is 8.07. The van der Waals surface area contributed by atoms with Crippen molar-refractivity contribution in [1.29, 1.82) is 0 Å². The van der Waals surface area contributed by atoms with Crippen molar-refractivity contribution in [1.82, 2.24) is 0 Å². The molecule has 0 aliphatic heterocycles. The molecule has 0 saturated heterocycles. The first-order valence-electron chi connectivity index (χ1n) is 6.44. The van der Waals surface area contributed by atoms with Gasteiger partial charge in [0.2, 0.25) is 0 Å². The van der Waals surface area contributed by atoms with E-state index in [4.69, 9.17) is 10.2 Å². The SMILES string of the molecule is CC.CC(O)O.COC(=O)CCc1ccccc1C. The Morgan fingerprint density at radius 1 is 1.26 bits per heavy atom. The summed E-state index contributed by atoms with van der Waals surface area (Å²) in [5.41, 5.74) is 2.44. The Balaban J connectivity index is 0. The first kappa shape index (κ1) is 19.9. The molecule has 19 heavy (non-hydrogen) atoms. The number of carbonyl (C=O) groups is 1.